The van der Waals surface area contributed by atoms with Crippen LogP contribution in [0.1, 0.15) is 45.2 Å². The van der Waals surface area contributed by atoms with E-state index in [0.29, 0.717) is 31.9 Å². The molecule has 0 heterocycles. The molecule has 2 aromatic carbocycles. The summed E-state index contributed by atoms with van der Waals surface area (Å²) in [6, 6.07) is 8.79. The Balaban J connectivity index is 2.56. The van der Waals surface area contributed by atoms with Gasteiger partial charge < -0.3 is 10.2 Å². The lowest BCUT2D eigenvalue weighted by molar-refractivity contribution is -0.141. The lowest BCUT2D eigenvalue weighted by Gasteiger charge is -2.35. The maximum Gasteiger partial charge on any atom is 0.244 e. The van der Waals surface area contributed by atoms with E-state index < -0.39 is 34.1 Å². The van der Waals surface area contributed by atoms with Crippen LogP contribution in [0.2, 0.25) is 15.1 Å². The fraction of sp³-hybridized carbons (Fsp3) is 0.440. The predicted molar refractivity (Wildman–Crippen MR) is 147 cm³/mol. The van der Waals surface area contributed by atoms with E-state index >= 15 is 0 Å². The molecule has 0 saturated carbocycles. The molecule has 2 rings (SSSR count). The topological polar surface area (TPSA) is 86.8 Å². The van der Waals surface area contributed by atoms with Crippen LogP contribution < -0.4 is 9.62 Å². The Morgan fingerprint density at radius 3 is 2.11 bits per heavy atom. The zero-order valence-electron chi connectivity index (χ0n) is 21.2. The molecule has 1 N–H and O–H groups in total. The van der Waals surface area contributed by atoms with Crippen LogP contribution in [0.3, 0.4) is 0 Å². The Morgan fingerprint density at radius 1 is 1.06 bits per heavy atom. The average Bonchev–Trinajstić information content (AvgIpc) is 2.72. The molecule has 0 aromatic heterocycles. The van der Waals surface area contributed by atoms with E-state index in [1.807, 2.05) is 20.8 Å². The minimum Gasteiger partial charge on any atom is -0.350 e. The van der Waals surface area contributed by atoms with E-state index in [4.69, 9.17) is 34.8 Å². The number of carbonyl (C=O) groups excluding carboxylic acids is 2. The van der Waals surface area contributed by atoms with Crippen LogP contribution in [0.15, 0.2) is 36.4 Å². The van der Waals surface area contributed by atoms with Gasteiger partial charge in [-0.25, -0.2) is 8.42 Å². The molecule has 7 nitrogen and oxygen atoms in total. The largest absolute Gasteiger partial charge is 0.350 e. The number of benzene rings is 2. The zero-order valence-corrected chi connectivity index (χ0v) is 24.3. The maximum atomic E-state index is 13.8. The molecule has 0 aliphatic carbocycles. The third-order valence-corrected chi connectivity index (χ3v) is 7.45. The Kier molecular flexibility index (Phi) is 10.1. The number of hydrogen-bond donors (Lipinski definition) is 1. The molecule has 0 fully saturated rings. The second-order valence-electron chi connectivity index (χ2n) is 9.59. The van der Waals surface area contributed by atoms with Crippen molar-refractivity contribution in [2.24, 2.45) is 0 Å². The molecule has 0 saturated heterocycles. The Hall–Kier alpha value is -2.00. The van der Waals surface area contributed by atoms with E-state index in [-0.39, 0.29) is 18.9 Å². The first-order valence-electron chi connectivity index (χ1n) is 11.3. The maximum absolute atomic E-state index is 13.8. The second-order valence-corrected chi connectivity index (χ2v) is 12.7. The van der Waals surface area contributed by atoms with Crippen molar-refractivity contribution in [3.8, 4) is 0 Å². The number of nitrogens with zero attached hydrogens (tertiary/aromatic N) is 2. The van der Waals surface area contributed by atoms with Crippen LogP contribution in [-0.4, -0.2) is 49.5 Å². The highest BCUT2D eigenvalue weighted by Gasteiger charge is 2.34. The summed E-state index contributed by atoms with van der Waals surface area (Å²) in [4.78, 5) is 28.3. The number of rotatable bonds is 9. The predicted octanol–water partition coefficient (Wildman–Crippen LogP) is 5.44. The zero-order chi connectivity index (χ0) is 27.4. The minimum atomic E-state index is -3.86. The lowest BCUT2D eigenvalue weighted by Crippen LogP contribution is -2.55. The monoisotopic (exact) mass is 575 g/mol. The Labute approximate surface area is 228 Å². The van der Waals surface area contributed by atoms with E-state index in [2.05, 4.69) is 5.32 Å². The molecule has 2 amide bonds. The van der Waals surface area contributed by atoms with Gasteiger partial charge in [0.05, 0.1) is 11.9 Å². The van der Waals surface area contributed by atoms with Crippen molar-refractivity contribution in [2.75, 3.05) is 17.1 Å². The highest BCUT2D eigenvalue weighted by Crippen LogP contribution is 2.29. The number of sulfonamides is 1. The van der Waals surface area contributed by atoms with E-state index in [9.17, 15) is 18.0 Å². The fourth-order valence-corrected chi connectivity index (χ4v) is 5.37. The third-order valence-electron chi connectivity index (χ3n) is 5.38. The van der Waals surface area contributed by atoms with Gasteiger partial charge in [0.1, 0.15) is 12.6 Å². The second kappa shape index (κ2) is 12.0. The molecule has 0 spiro atoms. The van der Waals surface area contributed by atoms with Gasteiger partial charge in [-0.2, -0.15) is 0 Å². The van der Waals surface area contributed by atoms with E-state index in [0.717, 1.165) is 10.6 Å². The number of carbonyl (C=O) groups is 2. The summed E-state index contributed by atoms with van der Waals surface area (Å²) < 4.78 is 26.5. The molecule has 0 bridgehead atoms. The van der Waals surface area contributed by atoms with Gasteiger partial charge in [-0.3, -0.25) is 13.9 Å². The molecule has 198 valence electrons. The third kappa shape index (κ3) is 8.00. The molecule has 1 atom stereocenters. The standard InChI is InChI=1S/C25H32Cl3N3O4S/c1-7-21(24(33)29-25(3,4)5)30(14-18-19(27)9-8-10-20(18)28)23(32)15-31(36(6,34)35)22-12-11-17(26)13-16(22)2/h8-13,21H,7,14-15H2,1-6H3,(H,29,33)/t21-/m0/s1. The van der Waals surface area contributed by atoms with Crippen LogP contribution in [-0.2, 0) is 26.2 Å². The van der Waals surface area contributed by atoms with Gasteiger partial charge >= 0.3 is 0 Å². The van der Waals surface area contributed by atoms with Crippen LogP contribution >= 0.6 is 34.8 Å². The van der Waals surface area contributed by atoms with Crippen LogP contribution in [0, 0.1) is 6.92 Å². The number of nitrogens with one attached hydrogen (secondary N) is 1. The molecule has 0 unspecified atom stereocenters. The SMILES string of the molecule is CC[C@@H](C(=O)NC(C)(C)C)N(Cc1c(Cl)cccc1Cl)C(=O)CN(c1ccc(Cl)cc1C)S(C)(=O)=O. The van der Waals surface area contributed by atoms with Crippen molar-refractivity contribution in [1.29, 1.82) is 0 Å². The summed E-state index contributed by atoms with van der Waals surface area (Å²) in [5, 5.41) is 4.01. The number of halogens is 3. The fourth-order valence-electron chi connectivity index (χ4n) is 3.72. The summed E-state index contributed by atoms with van der Waals surface area (Å²) in [6.07, 6.45) is 1.31. The molecule has 11 heteroatoms. The van der Waals surface area contributed by atoms with Crippen LogP contribution in [0.5, 0.6) is 0 Å². The molecule has 36 heavy (non-hydrogen) atoms. The molecule has 0 aliphatic rings. The van der Waals surface area contributed by atoms with Crippen LogP contribution in [0.4, 0.5) is 5.69 Å². The summed E-state index contributed by atoms with van der Waals surface area (Å²) in [5.74, 6) is -0.947. The van der Waals surface area contributed by atoms with Crippen molar-refractivity contribution in [2.45, 2.75) is 59.2 Å². The number of aryl methyl sites for hydroxylation is 1. The Bertz CT molecular complexity index is 1210. The van der Waals surface area contributed by atoms with Gasteiger partial charge in [0, 0.05) is 32.7 Å². The van der Waals surface area contributed by atoms with Gasteiger partial charge in [0.15, 0.2) is 0 Å². The molecule has 0 aliphatic heterocycles. The summed E-state index contributed by atoms with van der Waals surface area (Å²) >= 11 is 18.8. The first kappa shape index (κ1) is 30.2. The van der Waals surface area contributed by atoms with Gasteiger partial charge in [0.25, 0.3) is 0 Å². The molecule has 2 aromatic rings. The molecular weight excluding hydrogens is 545 g/mol. The van der Waals surface area contributed by atoms with Gasteiger partial charge in [-0.1, -0.05) is 47.8 Å². The summed E-state index contributed by atoms with van der Waals surface area (Å²) in [7, 11) is -3.86. The summed E-state index contributed by atoms with van der Waals surface area (Å²) in [5.41, 5.74) is 0.822. The lowest BCUT2D eigenvalue weighted by atomic mass is 10.1. The Morgan fingerprint density at radius 2 is 1.64 bits per heavy atom. The smallest absolute Gasteiger partial charge is 0.244 e. The minimum absolute atomic E-state index is 0.0788. The van der Waals surface area contributed by atoms with E-state index in [1.165, 1.54) is 4.90 Å². The van der Waals surface area contributed by atoms with E-state index in [1.54, 1.807) is 50.2 Å². The normalized spacial score (nSPS) is 12.7. The van der Waals surface area contributed by atoms with Crippen molar-refractivity contribution >= 4 is 62.3 Å². The number of hydrogen-bond acceptors (Lipinski definition) is 4. The molecule has 0 radical (unpaired) electrons. The highest BCUT2D eigenvalue weighted by atomic mass is 35.5. The molecular formula is C25H32Cl3N3O4S. The highest BCUT2D eigenvalue weighted by molar-refractivity contribution is 7.92. The number of amides is 2. The van der Waals surface area contributed by atoms with Crippen molar-refractivity contribution in [3.63, 3.8) is 0 Å². The quantitative estimate of drug-likeness (QED) is 0.430. The summed E-state index contributed by atoms with van der Waals surface area (Å²) in [6.45, 7) is 8.39. The first-order valence-corrected chi connectivity index (χ1v) is 14.3. The van der Waals surface area contributed by atoms with Gasteiger partial charge in [-0.05, 0) is 70.0 Å². The van der Waals surface area contributed by atoms with Crippen molar-refractivity contribution < 1.29 is 18.0 Å². The first-order chi connectivity index (χ1) is 16.5. The number of anilines is 1. The van der Waals surface area contributed by atoms with Crippen molar-refractivity contribution in [3.05, 3.63) is 62.6 Å². The van der Waals surface area contributed by atoms with Gasteiger partial charge in [0.2, 0.25) is 21.8 Å². The van der Waals surface area contributed by atoms with Crippen molar-refractivity contribution in [1.82, 2.24) is 10.2 Å². The average molecular weight is 577 g/mol. The van der Waals surface area contributed by atoms with Crippen LogP contribution in [0.25, 0.3) is 0 Å². The van der Waals surface area contributed by atoms with Gasteiger partial charge in [-0.15, -0.1) is 0 Å².